The number of aromatic amines is 1. The summed E-state index contributed by atoms with van der Waals surface area (Å²) in [6.07, 6.45) is 1.47. The molecule has 13 heavy (non-hydrogen) atoms. The summed E-state index contributed by atoms with van der Waals surface area (Å²) in [5, 5.41) is 5.39. The molecule has 1 aromatic rings. The van der Waals surface area contributed by atoms with Gasteiger partial charge in [0.15, 0.2) is 5.78 Å². The topological polar surface area (TPSA) is 84.8 Å². The Morgan fingerprint density at radius 3 is 2.92 bits per heavy atom. The standard InChI is InChI=1S/C7H9N3O3/c1-2-5(11)3-10-4-8-9-6(12)7(10)13/h4H,2-3H2,1H3,(H,9,12). The predicted molar refractivity (Wildman–Crippen MR) is 44.4 cm³/mol. The third-order valence-electron chi connectivity index (χ3n) is 1.56. The highest BCUT2D eigenvalue weighted by atomic mass is 16.2. The van der Waals surface area contributed by atoms with Crippen LogP contribution >= 0.6 is 0 Å². The first-order valence-corrected chi connectivity index (χ1v) is 3.81. The molecule has 1 rings (SSSR count). The van der Waals surface area contributed by atoms with E-state index in [2.05, 4.69) is 5.10 Å². The molecule has 0 saturated heterocycles. The van der Waals surface area contributed by atoms with Crippen LogP contribution in [0.25, 0.3) is 0 Å². The van der Waals surface area contributed by atoms with E-state index < -0.39 is 11.1 Å². The lowest BCUT2D eigenvalue weighted by molar-refractivity contribution is -0.119. The molecule has 6 heteroatoms. The second-order valence-electron chi connectivity index (χ2n) is 2.51. The molecule has 1 aromatic heterocycles. The van der Waals surface area contributed by atoms with Gasteiger partial charge < -0.3 is 0 Å². The number of H-pyrrole nitrogens is 1. The van der Waals surface area contributed by atoms with Crippen LogP contribution in [-0.4, -0.2) is 20.5 Å². The van der Waals surface area contributed by atoms with Crippen molar-refractivity contribution in [3.63, 3.8) is 0 Å². The predicted octanol–water partition coefficient (Wildman–Crippen LogP) is -1.09. The van der Waals surface area contributed by atoms with Crippen LogP contribution in [0.4, 0.5) is 0 Å². The zero-order valence-electron chi connectivity index (χ0n) is 7.11. The lowest BCUT2D eigenvalue weighted by Gasteiger charge is -1.99. The Morgan fingerprint density at radius 1 is 1.62 bits per heavy atom. The third-order valence-corrected chi connectivity index (χ3v) is 1.56. The van der Waals surface area contributed by atoms with E-state index in [1.54, 1.807) is 6.92 Å². The normalized spacial score (nSPS) is 9.92. The molecule has 0 aliphatic carbocycles. The highest BCUT2D eigenvalue weighted by molar-refractivity contribution is 5.77. The number of aromatic nitrogens is 3. The Kier molecular flexibility index (Phi) is 2.73. The van der Waals surface area contributed by atoms with Gasteiger partial charge in [-0.25, -0.2) is 5.10 Å². The molecule has 0 aliphatic rings. The maximum Gasteiger partial charge on any atom is 0.330 e. The van der Waals surface area contributed by atoms with E-state index in [1.807, 2.05) is 5.10 Å². The largest absolute Gasteiger partial charge is 0.330 e. The molecule has 0 aliphatic heterocycles. The number of hydrogen-bond acceptors (Lipinski definition) is 4. The number of nitrogens with one attached hydrogen (secondary N) is 1. The van der Waals surface area contributed by atoms with Gasteiger partial charge in [-0.1, -0.05) is 6.92 Å². The molecule has 1 N–H and O–H groups in total. The van der Waals surface area contributed by atoms with E-state index in [0.717, 1.165) is 10.9 Å². The first kappa shape index (κ1) is 9.37. The number of ketones is 1. The fourth-order valence-electron chi connectivity index (χ4n) is 0.802. The molecular formula is C7H9N3O3. The Bertz CT molecular complexity index is 417. The van der Waals surface area contributed by atoms with Crippen molar-refractivity contribution in [2.75, 3.05) is 0 Å². The third kappa shape index (κ3) is 2.11. The van der Waals surface area contributed by atoms with Crippen molar-refractivity contribution in [2.24, 2.45) is 0 Å². The summed E-state index contributed by atoms with van der Waals surface area (Å²) in [6.45, 7) is 1.60. The molecule has 0 bridgehead atoms. The molecule has 1 heterocycles. The summed E-state index contributed by atoms with van der Waals surface area (Å²) in [5.74, 6) is -0.116. The Morgan fingerprint density at radius 2 is 2.31 bits per heavy atom. The van der Waals surface area contributed by atoms with Crippen molar-refractivity contribution in [3.05, 3.63) is 27.0 Å². The second kappa shape index (κ2) is 3.79. The Balaban J connectivity index is 3.03. The second-order valence-corrected chi connectivity index (χ2v) is 2.51. The monoisotopic (exact) mass is 183 g/mol. The molecule has 70 valence electrons. The summed E-state index contributed by atoms with van der Waals surface area (Å²) in [7, 11) is 0. The zero-order valence-corrected chi connectivity index (χ0v) is 7.11. The van der Waals surface area contributed by atoms with Gasteiger partial charge in [-0.15, -0.1) is 0 Å². The van der Waals surface area contributed by atoms with Crippen molar-refractivity contribution in [1.82, 2.24) is 14.8 Å². The first-order chi connectivity index (χ1) is 6.15. The van der Waals surface area contributed by atoms with Crippen LogP contribution in [0.15, 0.2) is 15.9 Å². The van der Waals surface area contributed by atoms with Gasteiger partial charge in [0.1, 0.15) is 6.33 Å². The first-order valence-electron chi connectivity index (χ1n) is 3.81. The summed E-state index contributed by atoms with van der Waals surface area (Å²) >= 11 is 0. The number of carbonyl (C=O) groups is 1. The van der Waals surface area contributed by atoms with E-state index in [9.17, 15) is 14.4 Å². The van der Waals surface area contributed by atoms with E-state index in [4.69, 9.17) is 0 Å². The fraction of sp³-hybridized carbons (Fsp3) is 0.429. The van der Waals surface area contributed by atoms with E-state index in [-0.39, 0.29) is 12.3 Å². The van der Waals surface area contributed by atoms with Crippen LogP contribution in [0, 0.1) is 0 Å². The summed E-state index contributed by atoms with van der Waals surface area (Å²) < 4.78 is 0.991. The lowest BCUT2D eigenvalue weighted by Crippen LogP contribution is -2.37. The van der Waals surface area contributed by atoms with Crippen LogP contribution in [-0.2, 0) is 11.3 Å². The number of nitrogens with zero attached hydrogens (tertiary/aromatic N) is 2. The van der Waals surface area contributed by atoms with E-state index >= 15 is 0 Å². The van der Waals surface area contributed by atoms with Gasteiger partial charge in [0.25, 0.3) is 0 Å². The van der Waals surface area contributed by atoms with Gasteiger partial charge in [-0.2, -0.15) is 5.10 Å². The van der Waals surface area contributed by atoms with Crippen LogP contribution in [0.2, 0.25) is 0 Å². The summed E-state index contributed by atoms with van der Waals surface area (Å²) in [5.41, 5.74) is -1.57. The average Bonchev–Trinajstić information content (AvgIpc) is 2.13. The van der Waals surface area contributed by atoms with Crippen molar-refractivity contribution >= 4 is 5.78 Å². The van der Waals surface area contributed by atoms with Crippen LogP contribution in [0.1, 0.15) is 13.3 Å². The minimum Gasteiger partial charge on any atom is -0.298 e. The van der Waals surface area contributed by atoms with Crippen LogP contribution < -0.4 is 11.1 Å². The van der Waals surface area contributed by atoms with Gasteiger partial charge in [0.05, 0.1) is 6.54 Å². The molecule has 0 atom stereocenters. The molecule has 0 amide bonds. The number of rotatable bonds is 3. The minimum atomic E-state index is -0.814. The van der Waals surface area contributed by atoms with Gasteiger partial charge in [0, 0.05) is 6.42 Å². The zero-order chi connectivity index (χ0) is 9.84. The van der Waals surface area contributed by atoms with Crippen molar-refractivity contribution in [3.8, 4) is 0 Å². The maximum absolute atomic E-state index is 11.0. The fourth-order valence-corrected chi connectivity index (χ4v) is 0.802. The van der Waals surface area contributed by atoms with Crippen LogP contribution in [0.5, 0.6) is 0 Å². The molecule has 0 aromatic carbocycles. The maximum atomic E-state index is 11.0. The molecule has 0 radical (unpaired) electrons. The van der Waals surface area contributed by atoms with Gasteiger partial charge in [-0.05, 0) is 0 Å². The molecule has 0 fully saturated rings. The average molecular weight is 183 g/mol. The van der Waals surface area contributed by atoms with Crippen molar-refractivity contribution in [2.45, 2.75) is 19.9 Å². The molecule has 6 nitrogen and oxygen atoms in total. The van der Waals surface area contributed by atoms with Gasteiger partial charge >= 0.3 is 11.1 Å². The molecule has 0 spiro atoms. The highest BCUT2D eigenvalue weighted by Gasteiger charge is 2.03. The van der Waals surface area contributed by atoms with Gasteiger partial charge in [-0.3, -0.25) is 19.0 Å². The minimum absolute atomic E-state index is 0.0910. The van der Waals surface area contributed by atoms with Crippen molar-refractivity contribution < 1.29 is 4.79 Å². The van der Waals surface area contributed by atoms with E-state index in [0.29, 0.717) is 6.42 Å². The smallest absolute Gasteiger partial charge is 0.298 e. The lowest BCUT2D eigenvalue weighted by atomic mass is 10.3. The quantitative estimate of drug-likeness (QED) is 0.603. The highest BCUT2D eigenvalue weighted by Crippen LogP contribution is 1.83. The molecule has 0 unspecified atom stereocenters. The molecule has 0 saturated carbocycles. The summed E-state index contributed by atoms with van der Waals surface area (Å²) in [6, 6.07) is 0. The SMILES string of the molecule is CCC(=O)Cn1cn[nH]c(=O)c1=O. The summed E-state index contributed by atoms with van der Waals surface area (Å²) in [4.78, 5) is 32.7. The van der Waals surface area contributed by atoms with Crippen molar-refractivity contribution in [1.29, 1.82) is 0 Å². The van der Waals surface area contributed by atoms with Gasteiger partial charge in [0.2, 0.25) is 0 Å². The number of carbonyl (C=O) groups excluding carboxylic acids is 1. The Labute approximate surface area is 73.2 Å². The Hall–Kier alpha value is -1.72. The van der Waals surface area contributed by atoms with Crippen LogP contribution in [0.3, 0.4) is 0 Å². The number of hydrogen-bond donors (Lipinski definition) is 1. The number of Topliss-reactive ketones (excluding diaryl/α,β-unsaturated/α-hetero) is 1. The molecular weight excluding hydrogens is 174 g/mol. The van der Waals surface area contributed by atoms with E-state index in [1.165, 1.54) is 0 Å².